The number of hydrogen-bond acceptors (Lipinski definition) is 6. The average molecular weight is 555 g/mol. The predicted octanol–water partition coefficient (Wildman–Crippen LogP) is 4.52. The van der Waals surface area contributed by atoms with Gasteiger partial charge in [0.1, 0.15) is 28.7 Å². The molecule has 0 unspecified atom stereocenters. The van der Waals surface area contributed by atoms with Crippen molar-refractivity contribution >= 4 is 28.3 Å². The number of nitrogens with zero attached hydrogens (tertiary/aromatic N) is 3. The maximum Gasteiger partial charge on any atom is 0.411 e. The van der Waals surface area contributed by atoms with Crippen molar-refractivity contribution < 1.29 is 37.0 Å². The number of alkyl halides is 3. The first-order chi connectivity index (χ1) is 18.9. The lowest BCUT2D eigenvalue weighted by Crippen LogP contribution is -2.68. The van der Waals surface area contributed by atoms with Crippen molar-refractivity contribution in [3.05, 3.63) is 59.1 Å². The monoisotopic (exact) mass is 554 g/mol. The van der Waals surface area contributed by atoms with Gasteiger partial charge in [0.15, 0.2) is 11.8 Å². The Hall–Kier alpha value is -4.06. The van der Waals surface area contributed by atoms with Crippen molar-refractivity contribution in [2.24, 2.45) is 5.92 Å². The number of aliphatic hydroxyl groups is 1. The number of ether oxygens (including phenoxy) is 1. The minimum absolute atomic E-state index is 0.0289. The largest absolute Gasteiger partial charge is 0.460 e. The molecular weight excluding hydrogens is 529 g/mol. The van der Waals surface area contributed by atoms with E-state index in [2.05, 4.69) is 10.4 Å². The number of aromatic nitrogens is 2. The van der Waals surface area contributed by atoms with Crippen molar-refractivity contribution in [2.75, 3.05) is 6.54 Å². The van der Waals surface area contributed by atoms with Crippen LogP contribution in [0.15, 0.2) is 41.1 Å². The van der Waals surface area contributed by atoms with Crippen LogP contribution in [0.5, 0.6) is 11.5 Å². The van der Waals surface area contributed by atoms with Gasteiger partial charge in [-0.15, -0.1) is 0 Å². The third-order valence-electron chi connectivity index (χ3n) is 8.51. The number of carbonyl (C=O) groups excluding carboxylic acids is 2. The second kappa shape index (κ2) is 8.23. The van der Waals surface area contributed by atoms with Gasteiger partial charge in [0.2, 0.25) is 0 Å². The molecule has 8 rings (SSSR count). The molecule has 0 spiro atoms. The minimum atomic E-state index is -4.74. The fraction of sp³-hybridized carbons (Fsp3) is 0.393. The maximum atomic E-state index is 13.3. The van der Waals surface area contributed by atoms with Crippen LogP contribution in [-0.4, -0.2) is 61.8 Å². The Kier molecular flexibility index (Phi) is 5.13. The number of rotatable bonds is 5. The van der Waals surface area contributed by atoms with Crippen LogP contribution in [0.1, 0.15) is 51.3 Å². The van der Waals surface area contributed by atoms with Crippen LogP contribution in [0, 0.1) is 19.8 Å². The summed E-state index contributed by atoms with van der Waals surface area (Å²) < 4.78 is 53.4. The van der Waals surface area contributed by atoms with Crippen LogP contribution >= 0.6 is 0 Å². The molecule has 3 aliphatic carbocycles. The molecule has 4 heterocycles. The summed E-state index contributed by atoms with van der Waals surface area (Å²) in [4.78, 5) is 26.7. The zero-order valence-corrected chi connectivity index (χ0v) is 21.6. The molecule has 3 saturated carbocycles. The number of aryl methyl sites for hydroxylation is 2. The number of amides is 2. The van der Waals surface area contributed by atoms with Crippen LogP contribution in [-0.2, 0) is 0 Å². The standard InChI is InChI=1S/C28H25F3N4O5/c1-13-18(26(38)34-12-19(36)24(34)28(29,30)31)11-35-23(13)20(5-6-32-35)40-16-3-4-17-21(7-16)39-14(2)22(17)25(37)33-27-8-15(9-27)10-27/h3-7,11,15,19,24,36H,8-10,12H2,1-2H3,(H,33,37)/t15?,19-,24+,27?/m0/s1. The first kappa shape index (κ1) is 24.9. The van der Waals surface area contributed by atoms with Gasteiger partial charge in [-0.2, -0.15) is 18.3 Å². The van der Waals surface area contributed by atoms with Gasteiger partial charge in [-0.3, -0.25) is 9.59 Å². The molecule has 1 aliphatic heterocycles. The number of halogens is 3. The summed E-state index contributed by atoms with van der Waals surface area (Å²) in [5.41, 5.74) is 1.73. The van der Waals surface area contributed by atoms with E-state index in [1.807, 2.05) is 0 Å². The zero-order chi connectivity index (χ0) is 28.1. The fourth-order valence-corrected chi connectivity index (χ4v) is 6.37. The van der Waals surface area contributed by atoms with Crippen LogP contribution in [0.4, 0.5) is 13.2 Å². The number of likely N-dealkylation sites (tertiary alicyclic amines) is 1. The van der Waals surface area contributed by atoms with Gasteiger partial charge in [0, 0.05) is 29.3 Å². The number of β-amino-alcohol motifs (C(OH)–C–C–N with tert-alkyl or cyclic N) is 1. The molecule has 208 valence electrons. The SMILES string of the molecule is Cc1oc2cc(Oc3ccnn4cc(C(=O)N5C[C@H](O)[C@@H]5C(F)(F)F)c(C)c34)ccc2c1C(=O)NC12CC(C1)C2. The zero-order valence-electron chi connectivity index (χ0n) is 21.6. The van der Waals surface area contributed by atoms with E-state index in [9.17, 15) is 27.9 Å². The van der Waals surface area contributed by atoms with Crippen LogP contribution in [0.3, 0.4) is 0 Å². The molecule has 12 heteroatoms. The van der Waals surface area contributed by atoms with Crippen LogP contribution in [0.2, 0.25) is 0 Å². The number of aliphatic hydroxyl groups excluding tert-OH is 1. The molecule has 2 amide bonds. The highest BCUT2D eigenvalue weighted by Crippen LogP contribution is 2.57. The molecule has 4 aromatic rings. The summed E-state index contributed by atoms with van der Waals surface area (Å²) in [5.74, 6) is 0.965. The molecule has 0 radical (unpaired) electrons. The lowest BCUT2D eigenvalue weighted by Gasteiger charge is -2.61. The first-order valence-corrected chi connectivity index (χ1v) is 13.0. The summed E-state index contributed by atoms with van der Waals surface area (Å²) >= 11 is 0. The van der Waals surface area contributed by atoms with Crippen molar-refractivity contribution in [3.63, 3.8) is 0 Å². The summed E-state index contributed by atoms with van der Waals surface area (Å²) in [6, 6.07) is 4.45. The number of benzene rings is 1. The molecule has 9 nitrogen and oxygen atoms in total. The second-order valence-electron chi connectivity index (χ2n) is 11.2. The quantitative estimate of drug-likeness (QED) is 0.376. The Balaban J connectivity index is 1.17. The van der Waals surface area contributed by atoms with Gasteiger partial charge >= 0.3 is 6.18 Å². The van der Waals surface area contributed by atoms with Crippen LogP contribution in [0.25, 0.3) is 16.5 Å². The van der Waals surface area contributed by atoms with Gasteiger partial charge in [-0.05, 0) is 56.7 Å². The van der Waals surface area contributed by atoms with Gasteiger partial charge in [-0.25, -0.2) is 4.52 Å². The highest BCUT2D eigenvalue weighted by molar-refractivity contribution is 6.08. The Morgan fingerprint density at radius 1 is 1.20 bits per heavy atom. The highest BCUT2D eigenvalue weighted by atomic mass is 19.4. The number of nitrogens with one attached hydrogen (secondary N) is 1. The molecule has 2 N–H and O–H groups in total. The minimum Gasteiger partial charge on any atom is -0.460 e. The van der Waals surface area contributed by atoms with E-state index in [0.717, 1.165) is 25.2 Å². The first-order valence-electron chi connectivity index (χ1n) is 13.0. The molecule has 1 saturated heterocycles. The molecule has 40 heavy (non-hydrogen) atoms. The van der Waals surface area contributed by atoms with E-state index < -0.39 is 30.8 Å². The average Bonchev–Trinajstić information content (AvgIpc) is 3.33. The third kappa shape index (κ3) is 3.61. The van der Waals surface area contributed by atoms with Gasteiger partial charge in [0.25, 0.3) is 11.8 Å². The van der Waals surface area contributed by atoms with Crippen molar-refractivity contribution in [1.82, 2.24) is 19.8 Å². The van der Waals surface area contributed by atoms with Gasteiger partial charge in [-0.1, -0.05) is 0 Å². The fourth-order valence-electron chi connectivity index (χ4n) is 6.37. The molecular formula is C28H25F3N4O5. The summed E-state index contributed by atoms with van der Waals surface area (Å²) in [6.07, 6.45) is -0.510. The summed E-state index contributed by atoms with van der Waals surface area (Å²) in [5, 5.41) is 17.7. The molecule has 2 atom stereocenters. The van der Waals surface area contributed by atoms with E-state index >= 15 is 0 Å². The number of fused-ring (bicyclic) bond motifs is 2. The maximum absolute atomic E-state index is 13.3. The van der Waals surface area contributed by atoms with Crippen molar-refractivity contribution in [2.45, 2.75) is 57.0 Å². The molecule has 3 aromatic heterocycles. The molecule has 4 aliphatic rings. The number of furan rings is 1. The Morgan fingerprint density at radius 2 is 1.95 bits per heavy atom. The summed E-state index contributed by atoms with van der Waals surface area (Å²) in [7, 11) is 0. The van der Waals surface area contributed by atoms with E-state index in [1.165, 1.54) is 16.9 Å². The normalized spacial score (nSPS) is 25.4. The lowest BCUT2D eigenvalue weighted by molar-refractivity contribution is -0.234. The van der Waals surface area contributed by atoms with E-state index in [4.69, 9.17) is 9.15 Å². The number of carbonyl (C=O) groups is 2. The summed E-state index contributed by atoms with van der Waals surface area (Å²) in [6.45, 7) is 2.94. The van der Waals surface area contributed by atoms with E-state index in [1.54, 1.807) is 38.1 Å². The second-order valence-corrected chi connectivity index (χ2v) is 11.2. The lowest BCUT2D eigenvalue weighted by atomic mass is 9.50. The third-order valence-corrected chi connectivity index (χ3v) is 8.51. The van der Waals surface area contributed by atoms with Crippen molar-refractivity contribution in [1.29, 1.82) is 0 Å². The smallest absolute Gasteiger partial charge is 0.411 e. The molecule has 2 bridgehead atoms. The highest BCUT2D eigenvalue weighted by Gasteiger charge is 2.58. The Labute approximate surface area is 225 Å². The van der Waals surface area contributed by atoms with Gasteiger partial charge in [0.05, 0.1) is 23.9 Å². The van der Waals surface area contributed by atoms with Crippen LogP contribution < -0.4 is 10.1 Å². The van der Waals surface area contributed by atoms with Gasteiger partial charge < -0.3 is 24.5 Å². The molecule has 4 fully saturated rings. The van der Waals surface area contributed by atoms with Crippen molar-refractivity contribution in [3.8, 4) is 11.5 Å². The molecule has 1 aromatic carbocycles. The Bertz CT molecular complexity index is 1710. The van der Waals surface area contributed by atoms with E-state index in [0.29, 0.717) is 49.8 Å². The predicted molar refractivity (Wildman–Crippen MR) is 135 cm³/mol. The number of hydrogen-bond donors (Lipinski definition) is 2. The van der Waals surface area contributed by atoms with E-state index in [-0.39, 0.29) is 17.0 Å². The Morgan fingerprint density at radius 3 is 2.60 bits per heavy atom. The topological polar surface area (TPSA) is 109 Å².